The molecule has 1 aromatic carbocycles. The molecule has 1 aromatic rings. The summed E-state index contributed by atoms with van der Waals surface area (Å²) in [4.78, 5) is 10.8. The van der Waals surface area contributed by atoms with Crippen LogP contribution in [0.4, 0.5) is 9.18 Å². The lowest BCUT2D eigenvalue weighted by Gasteiger charge is -2.02. The highest BCUT2D eigenvalue weighted by Gasteiger charge is 1.97. The average Bonchev–Trinajstić information content (AvgIpc) is 2.21. The number of rotatable bonds is 3. The fourth-order valence-corrected chi connectivity index (χ4v) is 1.28. The van der Waals surface area contributed by atoms with Crippen LogP contribution in [0.2, 0.25) is 0 Å². The summed E-state index contributed by atoms with van der Waals surface area (Å²) in [5.41, 5.74) is 1.02. The minimum absolute atomic E-state index is 0.0351. The minimum Gasteiger partial charge on any atom is -0.347 e. The van der Waals surface area contributed by atoms with E-state index in [9.17, 15) is 9.18 Å². The molecule has 0 spiro atoms. The Kier molecular flexibility index (Phi) is 4.46. The van der Waals surface area contributed by atoms with Crippen molar-refractivity contribution in [3.8, 4) is 0 Å². The summed E-state index contributed by atoms with van der Waals surface area (Å²) in [5.74, 6) is -0.234. The van der Waals surface area contributed by atoms with Crippen LogP contribution in [0.15, 0.2) is 24.3 Å². The normalized spacial score (nSPS) is 9.86. The van der Waals surface area contributed by atoms with Gasteiger partial charge in [-0.3, -0.25) is 4.79 Å². The van der Waals surface area contributed by atoms with Gasteiger partial charge < -0.3 is 5.32 Å². The number of carbonyl (C=O) groups excluding carboxylic acids is 1. The molecule has 0 bridgehead atoms. The number of hydrogen-bond donors (Lipinski definition) is 1. The molecule has 1 amide bonds. The monoisotopic (exact) mass is 213 g/mol. The summed E-state index contributed by atoms with van der Waals surface area (Å²) in [6.45, 7) is 0.589. The second-order valence-electron chi connectivity index (χ2n) is 2.79. The number of carbonyl (C=O) groups is 1. The third-order valence-electron chi connectivity index (χ3n) is 1.78. The maximum Gasteiger partial charge on any atom is 0.278 e. The van der Waals surface area contributed by atoms with Crippen molar-refractivity contribution in [2.75, 3.05) is 12.8 Å². The van der Waals surface area contributed by atoms with E-state index >= 15 is 0 Å². The lowest BCUT2D eigenvalue weighted by atomic mass is 10.1. The Morgan fingerprint density at radius 2 is 2.07 bits per heavy atom. The Hall–Kier alpha value is -1.03. The number of benzene rings is 1. The highest BCUT2D eigenvalue weighted by atomic mass is 32.2. The SMILES string of the molecule is CSC(=O)NCCc1ccc(F)cc1. The van der Waals surface area contributed by atoms with Gasteiger partial charge in [-0.05, 0) is 30.4 Å². The second-order valence-corrected chi connectivity index (χ2v) is 3.57. The van der Waals surface area contributed by atoms with Gasteiger partial charge in [-0.25, -0.2) is 4.39 Å². The zero-order valence-electron chi connectivity index (χ0n) is 7.92. The van der Waals surface area contributed by atoms with Crippen LogP contribution in [0, 0.1) is 5.82 Å². The van der Waals surface area contributed by atoms with Crippen LogP contribution in [0.1, 0.15) is 5.56 Å². The predicted octanol–water partition coefficient (Wildman–Crippen LogP) is 2.44. The molecule has 0 aliphatic heterocycles. The Balaban J connectivity index is 2.31. The van der Waals surface area contributed by atoms with Crippen LogP contribution >= 0.6 is 11.8 Å². The number of halogens is 1. The summed E-state index contributed by atoms with van der Waals surface area (Å²) >= 11 is 1.15. The molecule has 1 rings (SSSR count). The van der Waals surface area contributed by atoms with Crippen molar-refractivity contribution in [2.24, 2.45) is 0 Å². The minimum atomic E-state index is -0.234. The number of amides is 1. The Labute approximate surface area is 86.9 Å². The van der Waals surface area contributed by atoms with Gasteiger partial charge in [0, 0.05) is 6.54 Å². The van der Waals surface area contributed by atoms with Gasteiger partial charge in [-0.2, -0.15) is 0 Å². The zero-order valence-corrected chi connectivity index (χ0v) is 8.73. The molecule has 0 aromatic heterocycles. The van der Waals surface area contributed by atoms with Gasteiger partial charge in [0.25, 0.3) is 5.24 Å². The molecule has 76 valence electrons. The number of hydrogen-bond acceptors (Lipinski definition) is 2. The van der Waals surface area contributed by atoms with E-state index in [0.717, 1.165) is 23.7 Å². The van der Waals surface area contributed by atoms with Crippen molar-refractivity contribution in [3.05, 3.63) is 35.6 Å². The first-order valence-electron chi connectivity index (χ1n) is 4.28. The van der Waals surface area contributed by atoms with Gasteiger partial charge in [0.2, 0.25) is 0 Å². The van der Waals surface area contributed by atoms with Gasteiger partial charge in [0.1, 0.15) is 5.82 Å². The van der Waals surface area contributed by atoms with Crippen molar-refractivity contribution in [1.82, 2.24) is 5.32 Å². The van der Waals surface area contributed by atoms with Crippen LogP contribution in [0.3, 0.4) is 0 Å². The molecule has 0 aliphatic carbocycles. The number of thioether (sulfide) groups is 1. The molecule has 4 heteroatoms. The van der Waals surface area contributed by atoms with Crippen molar-refractivity contribution >= 4 is 17.0 Å². The van der Waals surface area contributed by atoms with Crippen LogP contribution < -0.4 is 5.32 Å². The van der Waals surface area contributed by atoms with E-state index in [1.165, 1.54) is 12.1 Å². The van der Waals surface area contributed by atoms with E-state index in [2.05, 4.69) is 5.32 Å². The summed E-state index contributed by atoms with van der Waals surface area (Å²) in [6, 6.07) is 6.29. The molecular formula is C10H12FNOS. The van der Waals surface area contributed by atoms with Gasteiger partial charge in [0.15, 0.2) is 0 Å². The van der Waals surface area contributed by atoms with E-state index in [1.54, 1.807) is 18.4 Å². The molecule has 0 saturated heterocycles. The van der Waals surface area contributed by atoms with Gasteiger partial charge in [0.05, 0.1) is 0 Å². The molecule has 14 heavy (non-hydrogen) atoms. The highest BCUT2D eigenvalue weighted by Crippen LogP contribution is 2.03. The summed E-state index contributed by atoms with van der Waals surface area (Å²) in [6.07, 6.45) is 2.46. The molecular weight excluding hydrogens is 201 g/mol. The first-order valence-corrected chi connectivity index (χ1v) is 5.51. The van der Waals surface area contributed by atoms with Crippen molar-refractivity contribution in [2.45, 2.75) is 6.42 Å². The molecule has 0 atom stereocenters. The number of nitrogens with one attached hydrogen (secondary N) is 1. The standard InChI is InChI=1S/C10H12FNOS/c1-14-10(13)12-7-6-8-2-4-9(11)5-3-8/h2-5H,6-7H2,1H3,(H,12,13). The molecule has 2 nitrogen and oxygen atoms in total. The quantitative estimate of drug-likeness (QED) is 0.835. The molecule has 1 N–H and O–H groups in total. The maximum atomic E-state index is 12.5. The van der Waals surface area contributed by atoms with Gasteiger partial charge in [-0.15, -0.1) is 0 Å². The Morgan fingerprint density at radius 1 is 1.43 bits per heavy atom. The van der Waals surface area contributed by atoms with E-state index in [4.69, 9.17) is 0 Å². The third-order valence-corrected chi connectivity index (χ3v) is 2.30. The molecule has 0 unspecified atom stereocenters. The van der Waals surface area contributed by atoms with Crippen molar-refractivity contribution in [3.63, 3.8) is 0 Å². The van der Waals surface area contributed by atoms with Crippen molar-refractivity contribution in [1.29, 1.82) is 0 Å². The lowest BCUT2D eigenvalue weighted by molar-refractivity contribution is 0.261. The van der Waals surface area contributed by atoms with Crippen LogP contribution in [-0.2, 0) is 6.42 Å². The fraction of sp³-hybridized carbons (Fsp3) is 0.300. The summed E-state index contributed by atoms with van der Waals surface area (Å²) in [5, 5.41) is 2.69. The largest absolute Gasteiger partial charge is 0.347 e. The predicted molar refractivity (Wildman–Crippen MR) is 57.0 cm³/mol. The summed E-state index contributed by atoms with van der Waals surface area (Å²) < 4.78 is 12.5. The van der Waals surface area contributed by atoms with Crippen molar-refractivity contribution < 1.29 is 9.18 Å². The van der Waals surface area contributed by atoms with E-state index in [0.29, 0.717) is 6.54 Å². The van der Waals surface area contributed by atoms with E-state index in [-0.39, 0.29) is 11.1 Å². The Morgan fingerprint density at radius 3 is 2.64 bits per heavy atom. The zero-order chi connectivity index (χ0) is 10.4. The molecule has 0 saturated carbocycles. The maximum absolute atomic E-state index is 12.5. The summed E-state index contributed by atoms with van der Waals surface area (Å²) in [7, 11) is 0. The highest BCUT2D eigenvalue weighted by molar-refractivity contribution is 8.12. The Bertz CT molecular complexity index is 299. The van der Waals surface area contributed by atoms with Crippen LogP contribution in [-0.4, -0.2) is 18.0 Å². The van der Waals surface area contributed by atoms with Crippen LogP contribution in [0.5, 0.6) is 0 Å². The van der Waals surface area contributed by atoms with E-state index in [1.807, 2.05) is 0 Å². The van der Waals surface area contributed by atoms with Crippen LogP contribution in [0.25, 0.3) is 0 Å². The van der Waals surface area contributed by atoms with E-state index < -0.39 is 0 Å². The molecule has 0 heterocycles. The molecule has 0 fully saturated rings. The smallest absolute Gasteiger partial charge is 0.278 e. The molecule has 0 aliphatic rings. The third kappa shape index (κ3) is 3.79. The first-order chi connectivity index (χ1) is 6.72. The topological polar surface area (TPSA) is 29.1 Å². The van der Waals surface area contributed by atoms with Gasteiger partial charge >= 0.3 is 0 Å². The molecule has 0 radical (unpaired) electrons. The average molecular weight is 213 g/mol. The second kappa shape index (κ2) is 5.65. The first kappa shape index (κ1) is 11.0. The fourth-order valence-electron chi connectivity index (χ4n) is 1.03. The van der Waals surface area contributed by atoms with Gasteiger partial charge in [-0.1, -0.05) is 23.9 Å². The lowest BCUT2D eigenvalue weighted by Crippen LogP contribution is -2.20.